The molecule has 29 heavy (non-hydrogen) atoms. The lowest BCUT2D eigenvalue weighted by Gasteiger charge is -2.16. The molecule has 0 saturated carbocycles. The molecule has 1 fully saturated rings. The van der Waals surface area contributed by atoms with Crippen LogP contribution < -0.4 is 5.32 Å². The molecule has 8 nitrogen and oxygen atoms in total. The lowest BCUT2D eigenvalue weighted by Crippen LogP contribution is -2.35. The van der Waals surface area contributed by atoms with Gasteiger partial charge in [0.2, 0.25) is 11.8 Å². The molecule has 3 atom stereocenters. The zero-order valence-electron chi connectivity index (χ0n) is 16.0. The number of likely N-dealkylation sites (tertiary alicyclic amines) is 1. The van der Waals surface area contributed by atoms with Crippen LogP contribution in [0.1, 0.15) is 31.7 Å². The van der Waals surface area contributed by atoms with Crippen molar-refractivity contribution in [2.24, 2.45) is 11.8 Å². The molecular weight excluding hydrogens is 374 g/mol. The molecule has 3 amide bonds. The maximum Gasteiger partial charge on any atom is 0.308 e. The van der Waals surface area contributed by atoms with Crippen LogP contribution >= 0.6 is 0 Å². The predicted molar refractivity (Wildman–Crippen MR) is 102 cm³/mol. The Labute approximate surface area is 168 Å². The molecule has 8 heteroatoms. The molecule has 0 unspecified atom stereocenters. The van der Waals surface area contributed by atoms with Crippen LogP contribution in [0.15, 0.2) is 36.4 Å². The molecule has 2 aliphatic rings. The van der Waals surface area contributed by atoms with Gasteiger partial charge in [-0.3, -0.25) is 24.1 Å². The molecule has 1 aliphatic heterocycles. The van der Waals surface area contributed by atoms with E-state index in [2.05, 4.69) is 5.32 Å². The summed E-state index contributed by atoms with van der Waals surface area (Å²) in [6.07, 6.45) is 3.68. The predicted octanol–water partition coefficient (Wildman–Crippen LogP) is 1.77. The van der Waals surface area contributed by atoms with E-state index in [1.807, 2.05) is 18.2 Å². The highest BCUT2D eigenvalue weighted by Gasteiger charge is 2.47. The molecule has 1 aromatic carbocycles. The van der Waals surface area contributed by atoms with Crippen molar-refractivity contribution < 1.29 is 23.9 Å². The van der Waals surface area contributed by atoms with Gasteiger partial charge in [0.05, 0.1) is 29.9 Å². The number of carbonyl (C=O) groups excluding carboxylic acids is 4. The summed E-state index contributed by atoms with van der Waals surface area (Å²) in [5.74, 6) is -2.34. The van der Waals surface area contributed by atoms with Gasteiger partial charge in [0.25, 0.3) is 5.91 Å². The number of carbonyl (C=O) groups is 4. The number of nitriles is 1. The summed E-state index contributed by atoms with van der Waals surface area (Å²) in [7, 11) is 0. The van der Waals surface area contributed by atoms with Gasteiger partial charge in [-0.15, -0.1) is 0 Å². The van der Waals surface area contributed by atoms with Gasteiger partial charge in [0, 0.05) is 12.2 Å². The molecule has 1 heterocycles. The van der Waals surface area contributed by atoms with Crippen LogP contribution in [-0.4, -0.2) is 41.2 Å². The van der Waals surface area contributed by atoms with Crippen LogP contribution in [0.3, 0.4) is 0 Å². The largest absolute Gasteiger partial charge is 0.452 e. The highest BCUT2D eigenvalue weighted by atomic mass is 16.5. The second kappa shape index (κ2) is 8.69. The van der Waals surface area contributed by atoms with Crippen LogP contribution in [0, 0.1) is 23.2 Å². The van der Waals surface area contributed by atoms with E-state index in [-0.39, 0.29) is 36.6 Å². The minimum Gasteiger partial charge on any atom is -0.452 e. The number of hydrogen-bond acceptors (Lipinski definition) is 6. The highest BCUT2D eigenvalue weighted by Crippen LogP contribution is 2.35. The van der Waals surface area contributed by atoms with Gasteiger partial charge in [-0.1, -0.05) is 12.2 Å². The van der Waals surface area contributed by atoms with E-state index in [1.54, 1.807) is 24.3 Å². The summed E-state index contributed by atoms with van der Waals surface area (Å²) in [6, 6.07) is 8.24. The number of hydrogen-bond donors (Lipinski definition) is 1. The first-order valence-corrected chi connectivity index (χ1v) is 9.41. The van der Waals surface area contributed by atoms with Gasteiger partial charge in [-0.2, -0.15) is 5.26 Å². The minimum atomic E-state index is -1.05. The third kappa shape index (κ3) is 4.51. The normalized spacial score (nSPS) is 21.3. The topological polar surface area (TPSA) is 117 Å². The second-order valence-electron chi connectivity index (χ2n) is 7.04. The highest BCUT2D eigenvalue weighted by molar-refractivity contribution is 6.05. The number of fused-ring (bicyclic) bond motifs is 1. The van der Waals surface area contributed by atoms with Crippen molar-refractivity contribution >= 4 is 29.4 Å². The van der Waals surface area contributed by atoms with Gasteiger partial charge in [-0.05, 0) is 44.0 Å². The van der Waals surface area contributed by atoms with E-state index < -0.39 is 18.0 Å². The Hall–Kier alpha value is -3.47. The van der Waals surface area contributed by atoms with Crippen molar-refractivity contribution in [1.29, 1.82) is 5.26 Å². The van der Waals surface area contributed by atoms with Crippen molar-refractivity contribution in [2.75, 3.05) is 11.9 Å². The molecule has 3 rings (SSSR count). The van der Waals surface area contributed by atoms with Crippen molar-refractivity contribution in [3.63, 3.8) is 0 Å². The fourth-order valence-electron chi connectivity index (χ4n) is 3.47. The maximum atomic E-state index is 12.4. The Morgan fingerprint density at radius 2 is 1.76 bits per heavy atom. The molecule has 0 aromatic heterocycles. The summed E-state index contributed by atoms with van der Waals surface area (Å²) in [4.78, 5) is 50.1. The Balaban J connectivity index is 1.47. The van der Waals surface area contributed by atoms with E-state index >= 15 is 0 Å². The van der Waals surface area contributed by atoms with E-state index in [4.69, 9.17) is 10.00 Å². The van der Waals surface area contributed by atoms with Crippen molar-refractivity contribution in [1.82, 2.24) is 4.90 Å². The van der Waals surface area contributed by atoms with Crippen LogP contribution in [0.25, 0.3) is 0 Å². The SMILES string of the molecule is C[C@H](OC(=O)CCN1C(=O)[C@H]2CC=CC[C@H]2C1=O)C(=O)Nc1ccc(C#N)cc1. The molecule has 150 valence electrons. The number of imide groups is 1. The third-order valence-corrected chi connectivity index (χ3v) is 5.10. The Morgan fingerprint density at radius 3 is 2.31 bits per heavy atom. The number of ether oxygens (including phenoxy) is 1. The van der Waals surface area contributed by atoms with Crippen LogP contribution in [0.4, 0.5) is 5.69 Å². The van der Waals surface area contributed by atoms with Crippen LogP contribution in [-0.2, 0) is 23.9 Å². The number of nitrogens with one attached hydrogen (secondary N) is 1. The van der Waals surface area contributed by atoms with Crippen LogP contribution in [0.5, 0.6) is 0 Å². The number of allylic oxidation sites excluding steroid dienone is 2. The zero-order chi connectivity index (χ0) is 21.0. The number of rotatable bonds is 6. The molecule has 1 aromatic rings. The molecule has 0 radical (unpaired) electrons. The van der Waals surface area contributed by atoms with Gasteiger partial charge < -0.3 is 10.1 Å². The Bertz CT molecular complexity index is 874. The first-order chi connectivity index (χ1) is 13.9. The molecule has 0 spiro atoms. The summed E-state index contributed by atoms with van der Waals surface area (Å²) >= 11 is 0. The van der Waals surface area contributed by atoms with Crippen molar-refractivity contribution in [3.8, 4) is 6.07 Å². The van der Waals surface area contributed by atoms with E-state index in [0.717, 1.165) is 4.90 Å². The smallest absolute Gasteiger partial charge is 0.308 e. The number of esters is 1. The quantitative estimate of drug-likeness (QED) is 0.446. The second-order valence-corrected chi connectivity index (χ2v) is 7.04. The zero-order valence-corrected chi connectivity index (χ0v) is 16.0. The maximum absolute atomic E-state index is 12.4. The number of nitrogens with zero attached hydrogens (tertiary/aromatic N) is 2. The first kappa shape index (κ1) is 20.3. The van der Waals surface area contributed by atoms with E-state index in [9.17, 15) is 19.2 Å². The van der Waals surface area contributed by atoms with Crippen molar-refractivity contribution in [3.05, 3.63) is 42.0 Å². The number of anilines is 1. The summed E-state index contributed by atoms with van der Waals surface area (Å²) < 4.78 is 5.11. The number of benzene rings is 1. The minimum absolute atomic E-state index is 0.0482. The fraction of sp³-hybridized carbons (Fsp3) is 0.381. The third-order valence-electron chi connectivity index (χ3n) is 5.10. The fourth-order valence-corrected chi connectivity index (χ4v) is 3.47. The molecule has 1 N–H and O–H groups in total. The standard InChI is InChI=1S/C21H21N3O5/c1-13(19(26)23-15-8-6-14(12-22)7-9-15)29-18(25)10-11-24-20(27)16-4-2-3-5-17(16)21(24)28/h2-3,6-9,13,16-17H,4-5,10-11H2,1H3,(H,23,26)/t13-,16-,17+/m0/s1. The molecule has 1 aliphatic carbocycles. The Kier molecular flexibility index (Phi) is 6.07. The molecule has 1 saturated heterocycles. The van der Waals surface area contributed by atoms with Gasteiger partial charge >= 0.3 is 5.97 Å². The lowest BCUT2D eigenvalue weighted by molar-refractivity contribution is -0.154. The first-order valence-electron chi connectivity index (χ1n) is 9.41. The van der Waals surface area contributed by atoms with Gasteiger partial charge in [0.1, 0.15) is 0 Å². The van der Waals surface area contributed by atoms with Gasteiger partial charge in [0.15, 0.2) is 6.10 Å². The monoisotopic (exact) mass is 395 g/mol. The van der Waals surface area contributed by atoms with Gasteiger partial charge in [-0.25, -0.2) is 0 Å². The summed E-state index contributed by atoms with van der Waals surface area (Å²) in [6.45, 7) is 1.39. The summed E-state index contributed by atoms with van der Waals surface area (Å²) in [5, 5.41) is 11.4. The molecular formula is C21H21N3O5. The lowest BCUT2D eigenvalue weighted by atomic mass is 9.85. The van der Waals surface area contributed by atoms with E-state index in [0.29, 0.717) is 24.1 Å². The average Bonchev–Trinajstić information content (AvgIpc) is 2.97. The summed E-state index contributed by atoms with van der Waals surface area (Å²) in [5.41, 5.74) is 0.936. The molecule has 0 bridgehead atoms. The number of amides is 3. The van der Waals surface area contributed by atoms with E-state index in [1.165, 1.54) is 6.92 Å². The average molecular weight is 395 g/mol. The Morgan fingerprint density at radius 1 is 1.17 bits per heavy atom. The van der Waals surface area contributed by atoms with Crippen LogP contribution in [0.2, 0.25) is 0 Å². The van der Waals surface area contributed by atoms with Crippen molar-refractivity contribution in [2.45, 2.75) is 32.3 Å².